The van der Waals surface area contributed by atoms with E-state index in [0.29, 0.717) is 19.4 Å². The fourth-order valence-corrected chi connectivity index (χ4v) is 4.97. The molecule has 2 aromatic carbocycles. The van der Waals surface area contributed by atoms with Crippen LogP contribution in [0.2, 0.25) is 0 Å². The molecule has 0 spiro atoms. The number of amides is 2. The molecule has 0 radical (unpaired) electrons. The van der Waals surface area contributed by atoms with Gasteiger partial charge in [0.25, 0.3) is 0 Å². The van der Waals surface area contributed by atoms with Gasteiger partial charge >= 0.3 is 0 Å². The van der Waals surface area contributed by atoms with Crippen LogP contribution in [0.1, 0.15) is 57.6 Å². The van der Waals surface area contributed by atoms with Gasteiger partial charge in [-0.3, -0.25) is 9.59 Å². The number of carbonyl (C=O) groups excluding carboxylic acids is 2. The van der Waals surface area contributed by atoms with Crippen LogP contribution in [0.4, 0.5) is 0 Å². The summed E-state index contributed by atoms with van der Waals surface area (Å²) < 4.78 is 26.8. The Morgan fingerprint density at radius 3 is 2.17 bits per heavy atom. The van der Waals surface area contributed by atoms with Crippen molar-refractivity contribution < 1.29 is 18.0 Å². The third-order valence-corrected chi connectivity index (χ3v) is 8.05. The monoisotopic (exact) mass is 501 g/mol. The molecular weight excluding hydrogens is 462 g/mol. The summed E-state index contributed by atoms with van der Waals surface area (Å²) in [7, 11) is -2.10. The predicted molar refractivity (Wildman–Crippen MR) is 139 cm³/mol. The Balaban J connectivity index is 2.13. The maximum absolute atomic E-state index is 13.4. The lowest BCUT2D eigenvalue weighted by molar-refractivity contribution is -0.141. The second-order valence-electron chi connectivity index (χ2n) is 8.99. The minimum atomic E-state index is -3.62. The predicted octanol–water partition coefficient (Wildman–Crippen LogP) is 4.12. The zero-order valence-electron chi connectivity index (χ0n) is 21.5. The van der Waals surface area contributed by atoms with E-state index in [1.807, 2.05) is 52.0 Å². The zero-order chi connectivity index (χ0) is 26.0. The molecule has 2 amide bonds. The molecule has 2 aromatic rings. The number of benzene rings is 2. The molecule has 0 saturated heterocycles. The van der Waals surface area contributed by atoms with Gasteiger partial charge < -0.3 is 10.2 Å². The molecule has 1 N–H and O–H groups in total. The van der Waals surface area contributed by atoms with Crippen LogP contribution in [-0.4, -0.2) is 55.1 Å². The average molecular weight is 502 g/mol. The van der Waals surface area contributed by atoms with Crippen LogP contribution in [0.5, 0.6) is 0 Å². The lowest BCUT2D eigenvalue weighted by atomic mass is 10.1. The largest absolute Gasteiger partial charge is 0.352 e. The molecule has 0 unspecified atom stereocenters. The highest BCUT2D eigenvalue weighted by Gasteiger charge is 2.29. The van der Waals surface area contributed by atoms with Crippen LogP contribution in [-0.2, 0) is 26.2 Å². The lowest BCUT2D eigenvalue weighted by Crippen LogP contribution is -2.50. The van der Waals surface area contributed by atoms with E-state index in [4.69, 9.17) is 0 Å². The van der Waals surface area contributed by atoms with Crippen molar-refractivity contribution in [1.29, 1.82) is 0 Å². The number of hydrogen-bond acceptors (Lipinski definition) is 4. The second-order valence-corrected chi connectivity index (χ2v) is 11.0. The molecular formula is C27H39N3O4S. The molecule has 192 valence electrons. The van der Waals surface area contributed by atoms with Gasteiger partial charge in [0.05, 0.1) is 4.90 Å². The summed E-state index contributed by atoms with van der Waals surface area (Å²) in [6.07, 6.45) is 1.79. The quantitative estimate of drug-likeness (QED) is 0.447. The average Bonchev–Trinajstić information content (AvgIpc) is 2.85. The molecule has 35 heavy (non-hydrogen) atoms. The molecule has 2 atom stereocenters. The SMILES string of the molecule is CC[C@H](C(=O)N[C@@H](C)CC)N(Cc1ccc(C)cc1)C(=O)CCCN(C)S(=O)(=O)c1ccccc1. The summed E-state index contributed by atoms with van der Waals surface area (Å²) in [5, 5.41) is 3.00. The molecule has 0 aromatic heterocycles. The smallest absolute Gasteiger partial charge is 0.243 e. The first kappa shape index (κ1) is 28.5. The molecule has 0 aliphatic rings. The van der Waals surface area contributed by atoms with Gasteiger partial charge in [-0.25, -0.2) is 12.7 Å². The number of rotatable bonds is 13. The Bertz CT molecular complexity index is 1060. The highest BCUT2D eigenvalue weighted by Crippen LogP contribution is 2.17. The van der Waals surface area contributed by atoms with Gasteiger partial charge in [0, 0.05) is 32.6 Å². The van der Waals surface area contributed by atoms with Crippen LogP contribution < -0.4 is 5.32 Å². The standard InChI is InChI=1S/C27H39N3O4S/c1-6-22(4)28-27(32)25(7-2)30(20-23-17-15-21(3)16-18-23)26(31)14-11-19-29(5)35(33,34)24-12-9-8-10-13-24/h8-10,12-13,15-18,22,25H,6-7,11,14,19-20H2,1-5H3,(H,28,32)/t22-,25+/m0/s1. The van der Waals surface area contributed by atoms with E-state index in [0.717, 1.165) is 17.5 Å². The summed E-state index contributed by atoms with van der Waals surface area (Å²) in [6, 6.07) is 15.6. The number of nitrogens with one attached hydrogen (secondary N) is 1. The third-order valence-electron chi connectivity index (χ3n) is 6.18. The van der Waals surface area contributed by atoms with Crippen molar-refractivity contribution in [3.05, 3.63) is 65.7 Å². The molecule has 2 rings (SSSR count). The minimum Gasteiger partial charge on any atom is -0.352 e. The Kier molecular flexibility index (Phi) is 10.9. The molecule has 0 heterocycles. The van der Waals surface area contributed by atoms with Crippen molar-refractivity contribution in [3.8, 4) is 0 Å². The molecule has 0 aliphatic carbocycles. The van der Waals surface area contributed by atoms with E-state index in [9.17, 15) is 18.0 Å². The minimum absolute atomic E-state index is 0.0183. The third kappa shape index (κ3) is 8.18. The van der Waals surface area contributed by atoms with E-state index in [2.05, 4.69) is 5.32 Å². The lowest BCUT2D eigenvalue weighted by Gasteiger charge is -2.31. The summed E-state index contributed by atoms with van der Waals surface area (Å²) in [5.74, 6) is -0.326. The zero-order valence-corrected chi connectivity index (χ0v) is 22.3. The van der Waals surface area contributed by atoms with Crippen molar-refractivity contribution in [3.63, 3.8) is 0 Å². The fourth-order valence-electron chi connectivity index (χ4n) is 3.74. The van der Waals surface area contributed by atoms with Crippen molar-refractivity contribution >= 4 is 21.8 Å². The first-order valence-corrected chi connectivity index (χ1v) is 13.7. The number of sulfonamides is 1. The first-order valence-electron chi connectivity index (χ1n) is 12.3. The topological polar surface area (TPSA) is 86.8 Å². The highest BCUT2D eigenvalue weighted by atomic mass is 32.2. The Hall–Kier alpha value is -2.71. The molecule has 0 saturated carbocycles. The van der Waals surface area contributed by atoms with E-state index in [1.54, 1.807) is 35.2 Å². The molecule has 8 heteroatoms. The number of hydrogen-bond donors (Lipinski definition) is 1. The van der Waals surface area contributed by atoms with Gasteiger partial charge in [-0.2, -0.15) is 0 Å². The van der Waals surface area contributed by atoms with Crippen LogP contribution in [0.25, 0.3) is 0 Å². The van der Waals surface area contributed by atoms with Crippen LogP contribution in [0.15, 0.2) is 59.5 Å². The number of carbonyl (C=O) groups is 2. The van der Waals surface area contributed by atoms with Gasteiger partial charge in [0.15, 0.2) is 0 Å². The molecule has 0 fully saturated rings. The van der Waals surface area contributed by atoms with Gasteiger partial charge in [-0.05, 0) is 50.8 Å². The van der Waals surface area contributed by atoms with Gasteiger partial charge in [0.1, 0.15) is 6.04 Å². The normalized spacial score (nSPS) is 13.3. The Morgan fingerprint density at radius 1 is 0.971 bits per heavy atom. The second kappa shape index (κ2) is 13.4. The summed E-state index contributed by atoms with van der Waals surface area (Å²) in [4.78, 5) is 28.2. The first-order chi connectivity index (χ1) is 16.6. The highest BCUT2D eigenvalue weighted by molar-refractivity contribution is 7.89. The molecule has 0 aliphatic heterocycles. The molecule has 7 nitrogen and oxygen atoms in total. The number of aryl methyl sites for hydroxylation is 1. The van der Waals surface area contributed by atoms with E-state index in [-0.39, 0.29) is 35.7 Å². The fraction of sp³-hybridized carbons (Fsp3) is 0.481. The summed E-state index contributed by atoms with van der Waals surface area (Å²) in [5.41, 5.74) is 2.07. The van der Waals surface area contributed by atoms with E-state index >= 15 is 0 Å². The van der Waals surface area contributed by atoms with Gasteiger partial charge in [-0.1, -0.05) is 61.9 Å². The van der Waals surface area contributed by atoms with E-state index in [1.165, 1.54) is 11.4 Å². The number of nitrogens with zero attached hydrogens (tertiary/aromatic N) is 2. The van der Waals surface area contributed by atoms with Crippen molar-refractivity contribution in [2.24, 2.45) is 0 Å². The molecule has 0 bridgehead atoms. The van der Waals surface area contributed by atoms with Crippen molar-refractivity contribution in [2.75, 3.05) is 13.6 Å². The Morgan fingerprint density at radius 2 is 1.60 bits per heavy atom. The van der Waals surface area contributed by atoms with Crippen LogP contribution >= 0.6 is 0 Å². The van der Waals surface area contributed by atoms with Crippen LogP contribution in [0, 0.1) is 6.92 Å². The van der Waals surface area contributed by atoms with Crippen LogP contribution in [0.3, 0.4) is 0 Å². The van der Waals surface area contributed by atoms with Crippen molar-refractivity contribution in [2.45, 2.75) is 76.9 Å². The Labute approximate surface area is 210 Å². The maximum Gasteiger partial charge on any atom is 0.243 e. The van der Waals surface area contributed by atoms with E-state index < -0.39 is 16.1 Å². The maximum atomic E-state index is 13.4. The van der Waals surface area contributed by atoms with Gasteiger partial charge in [0.2, 0.25) is 21.8 Å². The van der Waals surface area contributed by atoms with Crippen molar-refractivity contribution in [1.82, 2.24) is 14.5 Å². The summed E-state index contributed by atoms with van der Waals surface area (Å²) in [6.45, 7) is 8.37. The summed E-state index contributed by atoms with van der Waals surface area (Å²) >= 11 is 0. The van der Waals surface area contributed by atoms with Gasteiger partial charge in [-0.15, -0.1) is 0 Å².